The molecule has 0 aliphatic heterocycles. The van der Waals surface area contributed by atoms with Crippen molar-refractivity contribution >= 4 is 11.9 Å². The van der Waals surface area contributed by atoms with Crippen LogP contribution in [0.2, 0.25) is 0 Å². The number of amides is 1. The highest BCUT2D eigenvalue weighted by Crippen LogP contribution is 2.21. The van der Waals surface area contributed by atoms with Gasteiger partial charge in [0.25, 0.3) is 5.91 Å². The third kappa shape index (κ3) is 4.37. The Kier molecular flexibility index (Phi) is 5.46. The molecule has 1 aromatic carbocycles. The molecule has 0 saturated carbocycles. The van der Waals surface area contributed by atoms with E-state index in [1.54, 1.807) is 43.1 Å². The van der Waals surface area contributed by atoms with Gasteiger partial charge in [-0.15, -0.1) is 0 Å². The van der Waals surface area contributed by atoms with Crippen LogP contribution in [0.25, 0.3) is 5.69 Å². The number of benzene rings is 1. The molecule has 0 aliphatic carbocycles. The minimum absolute atomic E-state index is 0.0452. The van der Waals surface area contributed by atoms with Crippen molar-refractivity contribution in [1.82, 2.24) is 15.1 Å². The summed E-state index contributed by atoms with van der Waals surface area (Å²) in [4.78, 5) is 23.6. The molecule has 1 atom stereocenters. The van der Waals surface area contributed by atoms with E-state index in [4.69, 9.17) is 9.84 Å². The summed E-state index contributed by atoms with van der Waals surface area (Å²) in [6.45, 7) is 5.47. The number of hydrogen-bond donors (Lipinski definition) is 2. The van der Waals surface area contributed by atoms with Crippen molar-refractivity contribution in [2.45, 2.75) is 32.7 Å². The van der Waals surface area contributed by atoms with Crippen LogP contribution in [0.5, 0.6) is 5.75 Å². The molecule has 1 unspecified atom stereocenters. The summed E-state index contributed by atoms with van der Waals surface area (Å²) >= 11 is 0. The molecule has 0 fully saturated rings. The van der Waals surface area contributed by atoms with Gasteiger partial charge in [0.1, 0.15) is 5.75 Å². The molecule has 0 bridgehead atoms. The van der Waals surface area contributed by atoms with Gasteiger partial charge in [0.2, 0.25) is 0 Å². The van der Waals surface area contributed by atoms with Crippen molar-refractivity contribution in [3.8, 4) is 11.4 Å². The minimum Gasteiger partial charge on any atom is -0.497 e. The predicted molar refractivity (Wildman–Crippen MR) is 93.1 cm³/mol. The number of methoxy groups -OCH3 is 1. The van der Waals surface area contributed by atoms with E-state index in [2.05, 4.69) is 10.4 Å². The molecule has 7 nitrogen and oxygen atoms in total. The van der Waals surface area contributed by atoms with Gasteiger partial charge in [-0.25, -0.2) is 4.68 Å². The molecular formula is C18H23N3O4. The molecule has 1 aromatic heterocycles. The zero-order valence-corrected chi connectivity index (χ0v) is 14.8. The van der Waals surface area contributed by atoms with E-state index >= 15 is 0 Å². The third-order valence-electron chi connectivity index (χ3n) is 4.35. The number of carboxylic acid groups (broad SMARTS) is 1. The summed E-state index contributed by atoms with van der Waals surface area (Å²) < 4.78 is 6.70. The van der Waals surface area contributed by atoms with E-state index < -0.39 is 17.4 Å². The highest BCUT2D eigenvalue weighted by molar-refractivity contribution is 5.93. The first-order chi connectivity index (χ1) is 11.7. The smallest absolute Gasteiger partial charge is 0.305 e. The van der Waals surface area contributed by atoms with E-state index in [0.29, 0.717) is 0 Å². The lowest BCUT2D eigenvalue weighted by Gasteiger charge is -2.33. The zero-order valence-electron chi connectivity index (χ0n) is 14.8. The SMILES string of the molecule is COc1ccc(-n2ccc(C(=O)NC(C)(CC(=O)O)C(C)C)n2)cc1. The number of nitrogens with zero attached hydrogens (tertiary/aromatic N) is 2. The lowest BCUT2D eigenvalue weighted by Crippen LogP contribution is -2.51. The van der Waals surface area contributed by atoms with Crippen LogP contribution in [-0.4, -0.2) is 39.4 Å². The first kappa shape index (κ1) is 18.5. The molecule has 7 heteroatoms. The Hall–Kier alpha value is -2.83. The summed E-state index contributed by atoms with van der Waals surface area (Å²) in [5.41, 5.74) is 0.164. The van der Waals surface area contributed by atoms with Crippen LogP contribution in [0, 0.1) is 5.92 Å². The average molecular weight is 345 g/mol. The van der Waals surface area contributed by atoms with Crippen LogP contribution in [0.3, 0.4) is 0 Å². The molecule has 25 heavy (non-hydrogen) atoms. The van der Waals surface area contributed by atoms with Crippen molar-refractivity contribution in [3.05, 3.63) is 42.2 Å². The van der Waals surface area contributed by atoms with Crippen molar-refractivity contribution in [2.24, 2.45) is 5.92 Å². The molecule has 1 heterocycles. The molecule has 0 saturated heterocycles. The van der Waals surface area contributed by atoms with Crippen LogP contribution in [0.4, 0.5) is 0 Å². The van der Waals surface area contributed by atoms with E-state index in [-0.39, 0.29) is 18.0 Å². The van der Waals surface area contributed by atoms with Crippen LogP contribution >= 0.6 is 0 Å². The number of carboxylic acids is 1. The maximum Gasteiger partial charge on any atom is 0.305 e. The second-order valence-corrected chi connectivity index (χ2v) is 6.44. The molecule has 2 N–H and O–H groups in total. The summed E-state index contributed by atoms with van der Waals surface area (Å²) in [7, 11) is 1.59. The largest absolute Gasteiger partial charge is 0.497 e. The molecule has 0 aliphatic rings. The van der Waals surface area contributed by atoms with Gasteiger partial charge in [0.05, 0.1) is 24.8 Å². The number of rotatable bonds is 7. The van der Waals surface area contributed by atoms with Crippen molar-refractivity contribution < 1.29 is 19.4 Å². The second kappa shape index (κ2) is 7.38. The van der Waals surface area contributed by atoms with Gasteiger partial charge in [-0.1, -0.05) is 13.8 Å². The van der Waals surface area contributed by atoms with Crippen molar-refractivity contribution in [3.63, 3.8) is 0 Å². The fraction of sp³-hybridized carbons (Fsp3) is 0.389. The molecule has 0 radical (unpaired) electrons. The monoisotopic (exact) mass is 345 g/mol. The molecule has 134 valence electrons. The van der Waals surface area contributed by atoms with Crippen LogP contribution in [0.1, 0.15) is 37.7 Å². The number of carbonyl (C=O) groups is 2. The molecule has 0 spiro atoms. The zero-order chi connectivity index (χ0) is 18.6. The number of carbonyl (C=O) groups excluding carboxylic acids is 1. The molecule has 1 amide bonds. The van der Waals surface area contributed by atoms with Gasteiger partial charge in [-0.05, 0) is 43.2 Å². The second-order valence-electron chi connectivity index (χ2n) is 6.44. The van der Waals surface area contributed by atoms with Gasteiger partial charge in [-0.3, -0.25) is 9.59 Å². The molecular weight excluding hydrogens is 322 g/mol. The van der Waals surface area contributed by atoms with Gasteiger partial charge in [0.15, 0.2) is 5.69 Å². The minimum atomic E-state index is -0.958. The summed E-state index contributed by atoms with van der Waals surface area (Å²) in [5, 5.41) is 16.2. The standard InChI is InChI=1S/C18H23N3O4/c1-12(2)18(3,11-16(22)23)19-17(24)15-9-10-21(20-15)13-5-7-14(25-4)8-6-13/h5-10,12H,11H2,1-4H3,(H,19,24)(H,22,23). The molecule has 2 rings (SSSR count). The van der Waals surface area contributed by atoms with Gasteiger partial charge in [-0.2, -0.15) is 5.10 Å². The lowest BCUT2D eigenvalue weighted by molar-refractivity contribution is -0.138. The maximum atomic E-state index is 12.5. The Morgan fingerprint density at radius 1 is 1.28 bits per heavy atom. The first-order valence-electron chi connectivity index (χ1n) is 7.99. The van der Waals surface area contributed by atoms with Crippen molar-refractivity contribution in [1.29, 1.82) is 0 Å². The Bertz CT molecular complexity index is 752. The number of aromatic nitrogens is 2. The highest BCUT2D eigenvalue weighted by atomic mass is 16.5. The Labute approximate surface area is 146 Å². The van der Waals surface area contributed by atoms with E-state index in [1.165, 1.54) is 0 Å². The normalized spacial score (nSPS) is 13.3. The number of aliphatic carboxylic acids is 1. The topological polar surface area (TPSA) is 93.5 Å². The maximum absolute atomic E-state index is 12.5. The number of nitrogens with one attached hydrogen (secondary N) is 1. The van der Waals surface area contributed by atoms with Gasteiger partial charge < -0.3 is 15.2 Å². The fourth-order valence-corrected chi connectivity index (χ4v) is 2.35. The number of hydrogen-bond acceptors (Lipinski definition) is 4. The third-order valence-corrected chi connectivity index (χ3v) is 4.35. The number of ether oxygens (including phenoxy) is 1. The summed E-state index contributed by atoms with van der Waals surface area (Å²) in [6, 6.07) is 8.87. The van der Waals surface area contributed by atoms with Crippen molar-refractivity contribution in [2.75, 3.05) is 7.11 Å². The van der Waals surface area contributed by atoms with E-state index in [9.17, 15) is 9.59 Å². The summed E-state index contributed by atoms with van der Waals surface area (Å²) in [6.07, 6.45) is 1.52. The van der Waals surface area contributed by atoms with Crippen LogP contribution in [0.15, 0.2) is 36.5 Å². The quantitative estimate of drug-likeness (QED) is 0.804. The summed E-state index contributed by atoms with van der Waals surface area (Å²) in [5.74, 6) is -0.670. The Morgan fingerprint density at radius 3 is 2.44 bits per heavy atom. The average Bonchev–Trinajstić information content (AvgIpc) is 3.04. The first-order valence-corrected chi connectivity index (χ1v) is 7.99. The predicted octanol–water partition coefficient (Wildman–Crippen LogP) is 2.50. The van der Waals surface area contributed by atoms with E-state index in [0.717, 1.165) is 11.4 Å². The highest BCUT2D eigenvalue weighted by Gasteiger charge is 2.33. The van der Waals surface area contributed by atoms with Crippen LogP contribution in [-0.2, 0) is 4.79 Å². The van der Waals surface area contributed by atoms with Gasteiger partial charge >= 0.3 is 5.97 Å². The van der Waals surface area contributed by atoms with Crippen LogP contribution < -0.4 is 10.1 Å². The lowest BCUT2D eigenvalue weighted by atomic mass is 9.85. The Balaban J connectivity index is 2.17. The van der Waals surface area contributed by atoms with E-state index in [1.807, 2.05) is 26.0 Å². The Morgan fingerprint density at radius 2 is 1.92 bits per heavy atom. The fourth-order valence-electron chi connectivity index (χ4n) is 2.35. The van der Waals surface area contributed by atoms with Gasteiger partial charge in [0, 0.05) is 6.20 Å². The molecule has 2 aromatic rings.